The van der Waals surface area contributed by atoms with Crippen LogP contribution in [0.5, 0.6) is 11.5 Å². The van der Waals surface area contributed by atoms with Crippen molar-refractivity contribution in [3.05, 3.63) is 131 Å². The van der Waals surface area contributed by atoms with Gasteiger partial charge < -0.3 is 10.1 Å². The molecule has 11 heteroatoms. The Bertz CT molecular complexity index is 1960. The number of carbonyl (C=O) groups is 1. The average Bonchev–Trinajstić information content (AvgIpc) is 3.59. The highest BCUT2D eigenvalue weighted by molar-refractivity contribution is 5.97. The van der Waals surface area contributed by atoms with Crippen LogP contribution in [0.1, 0.15) is 15.9 Å². The van der Waals surface area contributed by atoms with Crippen molar-refractivity contribution < 1.29 is 18.3 Å². The monoisotopic (exact) mass is 552 g/mol. The molecule has 0 aliphatic heterocycles. The quantitative estimate of drug-likeness (QED) is 0.252. The number of ether oxygens (including phenoxy) is 1. The largest absolute Gasteiger partial charge is 0.452 e. The summed E-state index contributed by atoms with van der Waals surface area (Å²) in [6, 6.07) is 16.0. The fourth-order valence-electron chi connectivity index (χ4n) is 4.45. The van der Waals surface area contributed by atoms with Gasteiger partial charge in [-0.05, 0) is 60.2 Å². The van der Waals surface area contributed by atoms with Crippen LogP contribution in [0, 0.1) is 11.6 Å². The zero-order valence-corrected chi connectivity index (χ0v) is 21.7. The number of carbonyl (C=O) groups excluding carboxylic acids is 1. The maximum atomic E-state index is 15.2. The van der Waals surface area contributed by atoms with Crippen LogP contribution in [0.2, 0.25) is 0 Å². The molecule has 9 nitrogen and oxygen atoms in total. The summed E-state index contributed by atoms with van der Waals surface area (Å²) in [6.45, 7) is 0. The first kappa shape index (κ1) is 25.7. The minimum Gasteiger partial charge on any atom is -0.452 e. The summed E-state index contributed by atoms with van der Waals surface area (Å²) in [5.41, 5.74) is 2.23. The number of anilines is 2. The Hall–Kier alpha value is -5.58. The molecule has 41 heavy (non-hydrogen) atoms. The number of rotatable bonds is 8. The molecule has 0 fully saturated rings. The minimum absolute atomic E-state index is 0.0406. The maximum Gasteiger partial charge on any atom is 0.265 e. The van der Waals surface area contributed by atoms with E-state index in [0.29, 0.717) is 28.2 Å². The third-order valence-corrected chi connectivity index (χ3v) is 6.40. The zero-order chi connectivity index (χ0) is 28.5. The van der Waals surface area contributed by atoms with Crippen molar-refractivity contribution in [1.29, 1.82) is 0 Å². The van der Waals surface area contributed by atoms with E-state index in [0.717, 1.165) is 5.69 Å². The number of nitrogens with zero attached hydrogens (tertiary/aromatic N) is 5. The molecule has 204 valence electrons. The van der Waals surface area contributed by atoms with Crippen LogP contribution in [-0.4, -0.2) is 29.7 Å². The van der Waals surface area contributed by atoms with Crippen molar-refractivity contribution in [3.63, 3.8) is 0 Å². The predicted molar refractivity (Wildman–Crippen MR) is 148 cm³/mol. The molecule has 0 radical (unpaired) electrons. The SMILES string of the molecule is Cn1cc(Nc2cc(Oc3ccc(CC(=O)c4cccn(-c5ccc(F)cc5)c4=O)cc3F)c3ccnn3c2)cn1. The molecule has 0 saturated carbocycles. The molecule has 0 aliphatic rings. The Morgan fingerprint density at radius 3 is 2.54 bits per heavy atom. The van der Waals surface area contributed by atoms with E-state index in [2.05, 4.69) is 15.5 Å². The summed E-state index contributed by atoms with van der Waals surface area (Å²) in [5, 5.41) is 11.6. The van der Waals surface area contributed by atoms with E-state index in [1.165, 1.54) is 53.2 Å². The molecule has 2 aromatic carbocycles. The molecule has 0 bridgehead atoms. The molecule has 4 heterocycles. The third kappa shape index (κ3) is 5.33. The number of aryl methyl sites for hydroxylation is 1. The summed E-state index contributed by atoms with van der Waals surface area (Å²) < 4.78 is 38.9. The van der Waals surface area contributed by atoms with Crippen LogP contribution in [0.3, 0.4) is 0 Å². The number of aromatic nitrogens is 5. The molecule has 6 aromatic rings. The van der Waals surface area contributed by atoms with Gasteiger partial charge in [0, 0.05) is 37.6 Å². The van der Waals surface area contributed by atoms with Crippen LogP contribution < -0.4 is 15.6 Å². The van der Waals surface area contributed by atoms with Gasteiger partial charge in [-0.3, -0.25) is 18.8 Å². The Kier molecular flexibility index (Phi) is 6.60. The molecule has 0 unspecified atom stereocenters. The first-order chi connectivity index (χ1) is 19.8. The summed E-state index contributed by atoms with van der Waals surface area (Å²) in [6.07, 6.45) is 8.15. The van der Waals surface area contributed by atoms with E-state index < -0.39 is 23.0 Å². The lowest BCUT2D eigenvalue weighted by atomic mass is 10.0. The van der Waals surface area contributed by atoms with E-state index in [1.54, 1.807) is 65.3 Å². The van der Waals surface area contributed by atoms with Gasteiger partial charge in [-0.1, -0.05) is 6.07 Å². The second-order valence-electron chi connectivity index (χ2n) is 9.32. The van der Waals surface area contributed by atoms with Gasteiger partial charge in [-0.2, -0.15) is 10.2 Å². The Balaban J connectivity index is 1.22. The molecule has 0 atom stereocenters. The Morgan fingerprint density at radius 1 is 0.951 bits per heavy atom. The molecular formula is C30H22F2N6O3. The predicted octanol–water partition coefficient (Wildman–Crippen LogP) is 5.46. The van der Waals surface area contributed by atoms with Crippen LogP contribution in [-0.2, 0) is 13.5 Å². The number of nitrogens with one attached hydrogen (secondary N) is 1. The number of pyridine rings is 2. The smallest absolute Gasteiger partial charge is 0.265 e. The standard InChI is InChI=1S/C30H22F2N6O3/c1-36-17-22(16-34-36)35-21-15-29(26-10-11-33-38(26)18-21)41-28-9-4-19(13-25(28)32)14-27(39)24-3-2-12-37(30(24)40)23-7-5-20(31)6-8-23/h2-13,15-18,35H,14H2,1H3. The molecule has 0 spiro atoms. The average molecular weight is 553 g/mol. The first-order valence-electron chi connectivity index (χ1n) is 12.5. The van der Waals surface area contributed by atoms with Crippen molar-refractivity contribution in [2.75, 3.05) is 5.32 Å². The molecule has 1 N–H and O–H groups in total. The topological polar surface area (TPSA) is 95.5 Å². The highest BCUT2D eigenvalue weighted by Crippen LogP contribution is 2.32. The fourth-order valence-corrected chi connectivity index (χ4v) is 4.45. The second-order valence-corrected chi connectivity index (χ2v) is 9.32. The van der Waals surface area contributed by atoms with Gasteiger partial charge in [0.2, 0.25) is 0 Å². The van der Waals surface area contributed by atoms with E-state index in [-0.39, 0.29) is 17.7 Å². The molecule has 0 saturated heterocycles. The van der Waals surface area contributed by atoms with Gasteiger partial charge in [-0.15, -0.1) is 0 Å². The Labute approximate surface area is 231 Å². The zero-order valence-electron chi connectivity index (χ0n) is 21.7. The van der Waals surface area contributed by atoms with Crippen LogP contribution in [0.25, 0.3) is 11.2 Å². The van der Waals surface area contributed by atoms with E-state index in [9.17, 15) is 14.0 Å². The number of hydrogen-bond donors (Lipinski definition) is 1. The normalized spacial score (nSPS) is 11.1. The van der Waals surface area contributed by atoms with Crippen molar-refractivity contribution >= 4 is 22.7 Å². The number of ketones is 1. The molecular weight excluding hydrogens is 530 g/mol. The third-order valence-electron chi connectivity index (χ3n) is 6.40. The lowest BCUT2D eigenvalue weighted by Crippen LogP contribution is -2.25. The summed E-state index contributed by atoms with van der Waals surface area (Å²) >= 11 is 0. The molecule has 0 amide bonds. The number of Topliss-reactive ketones (excluding diaryl/α,β-unsaturated/α-hetero) is 1. The Morgan fingerprint density at radius 2 is 1.78 bits per heavy atom. The van der Waals surface area contributed by atoms with Crippen molar-refractivity contribution in [1.82, 2.24) is 24.0 Å². The lowest BCUT2D eigenvalue weighted by molar-refractivity contribution is 0.0991. The molecule has 4 aromatic heterocycles. The van der Waals surface area contributed by atoms with Gasteiger partial charge in [0.1, 0.15) is 11.3 Å². The van der Waals surface area contributed by atoms with Crippen LogP contribution in [0.15, 0.2) is 103 Å². The number of hydrogen-bond acceptors (Lipinski definition) is 6. The van der Waals surface area contributed by atoms with Gasteiger partial charge in [0.25, 0.3) is 5.56 Å². The molecule has 0 aliphatic carbocycles. The van der Waals surface area contributed by atoms with E-state index in [1.807, 2.05) is 0 Å². The van der Waals surface area contributed by atoms with Crippen LogP contribution >= 0.6 is 0 Å². The van der Waals surface area contributed by atoms with E-state index in [4.69, 9.17) is 4.74 Å². The molecule has 6 rings (SSSR count). The van der Waals surface area contributed by atoms with Crippen molar-refractivity contribution in [2.24, 2.45) is 7.05 Å². The minimum atomic E-state index is -0.671. The summed E-state index contributed by atoms with van der Waals surface area (Å²) in [7, 11) is 1.81. The van der Waals surface area contributed by atoms with Crippen molar-refractivity contribution in [3.8, 4) is 17.2 Å². The maximum absolute atomic E-state index is 15.2. The van der Waals surface area contributed by atoms with E-state index >= 15 is 4.39 Å². The van der Waals surface area contributed by atoms with Gasteiger partial charge in [-0.25, -0.2) is 13.3 Å². The highest BCUT2D eigenvalue weighted by Gasteiger charge is 2.16. The highest BCUT2D eigenvalue weighted by atomic mass is 19.1. The van der Waals surface area contributed by atoms with Gasteiger partial charge >= 0.3 is 0 Å². The first-order valence-corrected chi connectivity index (χ1v) is 12.5. The van der Waals surface area contributed by atoms with Gasteiger partial charge in [0.05, 0.1) is 35.5 Å². The number of benzene rings is 2. The second kappa shape index (κ2) is 10.5. The van der Waals surface area contributed by atoms with Crippen LogP contribution in [0.4, 0.5) is 20.2 Å². The summed E-state index contributed by atoms with van der Waals surface area (Å²) in [5.74, 6) is -1.26. The number of halogens is 2. The fraction of sp³-hybridized carbons (Fsp3) is 0.0667. The number of fused-ring (bicyclic) bond motifs is 1. The van der Waals surface area contributed by atoms with Crippen molar-refractivity contribution in [2.45, 2.75) is 6.42 Å². The lowest BCUT2D eigenvalue weighted by Gasteiger charge is -2.12. The summed E-state index contributed by atoms with van der Waals surface area (Å²) in [4.78, 5) is 26.0. The van der Waals surface area contributed by atoms with Gasteiger partial charge in [0.15, 0.2) is 23.1 Å².